The number of hydrogen-bond acceptors (Lipinski definition) is 6. The SMILES string of the molecule is COc1ccc2nnc(C3CCN(CCN4CCCCCC4=O)CC3)n2n1. The molecule has 8 nitrogen and oxygen atoms in total. The van der Waals surface area contributed by atoms with Crippen molar-refractivity contribution in [2.75, 3.05) is 39.8 Å². The Morgan fingerprint density at radius 1 is 1.07 bits per heavy atom. The second kappa shape index (κ2) is 8.21. The highest BCUT2D eigenvalue weighted by molar-refractivity contribution is 5.76. The molecule has 4 heterocycles. The van der Waals surface area contributed by atoms with E-state index in [1.807, 2.05) is 10.6 Å². The summed E-state index contributed by atoms with van der Waals surface area (Å²) in [6.07, 6.45) is 6.16. The number of ether oxygens (including phenoxy) is 1. The zero-order valence-corrected chi connectivity index (χ0v) is 16.0. The maximum Gasteiger partial charge on any atom is 0.231 e. The summed E-state index contributed by atoms with van der Waals surface area (Å²) < 4.78 is 7.04. The lowest BCUT2D eigenvalue weighted by molar-refractivity contribution is -0.130. The van der Waals surface area contributed by atoms with E-state index in [1.165, 1.54) is 6.42 Å². The van der Waals surface area contributed by atoms with Gasteiger partial charge in [0.25, 0.3) is 0 Å². The molecular formula is C19H28N6O2. The molecule has 2 aliphatic rings. The monoisotopic (exact) mass is 372 g/mol. The largest absolute Gasteiger partial charge is 0.480 e. The van der Waals surface area contributed by atoms with Gasteiger partial charge in [-0.1, -0.05) is 6.42 Å². The number of rotatable bonds is 5. The number of likely N-dealkylation sites (tertiary alicyclic amines) is 2. The van der Waals surface area contributed by atoms with E-state index in [4.69, 9.17) is 4.74 Å². The van der Waals surface area contributed by atoms with Crippen molar-refractivity contribution in [2.24, 2.45) is 0 Å². The number of aromatic nitrogens is 4. The fraction of sp³-hybridized carbons (Fsp3) is 0.684. The van der Waals surface area contributed by atoms with Gasteiger partial charge in [0.05, 0.1) is 7.11 Å². The summed E-state index contributed by atoms with van der Waals surface area (Å²) in [6, 6.07) is 3.69. The first-order valence-electron chi connectivity index (χ1n) is 10.0. The average molecular weight is 372 g/mol. The maximum absolute atomic E-state index is 12.1. The van der Waals surface area contributed by atoms with Crippen LogP contribution in [0.5, 0.6) is 5.88 Å². The lowest BCUT2D eigenvalue weighted by Crippen LogP contribution is -2.41. The summed E-state index contributed by atoms with van der Waals surface area (Å²) in [5, 5.41) is 13.1. The Morgan fingerprint density at radius 3 is 2.74 bits per heavy atom. The molecule has 8 heteroatoms. The number of carbonyl (C=O) groups excluding carboxylic acids is 1. The molecule has 0 atom stereocenters. The highest BCUT2D eigenvalue weighted by Gasteiger charge is 2.26. The molecular weight excluding hydrogens is 344 g/mol. The molecule has 0 aliphatic carbocycles. The smallest absolute Gasteiger partial charge is 0.231 e. The molecule has 0 unspecified atom stereocenters. The predicted octanol–water partition coefficient (Wildman–Crippen LogP) is 1.71. The number of amides is 1. The molecule has 1 amide bonds. The van der Waals surface area contributed by atoms with Crippen LogP contribution in [0.1, 0.15) is 50.3 Å². The fourth-order valence-corrected chi connectivity index (χ4v) is 4.10. The molecule has 0 bridgehead atoms. The van der Waals surface area contributed by atoms with Gasteiger partial charge in [-0.05, 0) is 44.8 Å². The maximum atomic E-state index is 12.1. The van der Waals surface area contributed by atoms with Crippen LogP contribution >= 0.6 is 0 Å². The zero-order chi connectivity index (χ0) is 18.6. The molecule has 146 valence electrons. The van der Waals surface area contributed by atoms with Gasteiger partial charge in [0.2, 0.25) is 11.8 Å². The van der Waals surface area contributed by atoms with Gasteiger partial charge >= 0.3 is 0 Å². The molecule has 0 N–H and O–H groups in total. The van der Waals surface area contributed by atoms with Crippen molar-refractivity contribution in [1.29, 1.82) is 0 Å². The van der Waals surface area contributed by atoms with Crippen LogP contribution in [-0.2, 0) is 4.79 Å². The number of fused-ring (bicyclic) bond motifs is 1. The Bertz CT molecular complexity index is 784. The van der Waals surface area contributed by atoms with Crippen LogP contribution in [0.4, 0.5) is 0 Å². The van der Waals surface area contributed by atoms with E-state index >= 15 is 0 Å². The Morgan fingerprint density at radius 2 is 1.93 bits per heavy atom. The van der Waals surface area contributed by atoms with Gasteiger partial charge < -0.3 is 14.5 Å². The molecule has 2 saturated heterocycles. The Labute approximate surface area is 159 Å². The van der Waals surface area contributed by atoms with Crippen LogP contribution in [0.3, 0.4) is 0 Å². The van der Waals surface area contributed by atoms with E-state index in [0.717, 1.165) is 76.3 Å². The van der Waals surface area contributed by atoms with E-state index in [0.29, 0.717) is 17.7 Å². The standard InChI is InChI=1S/C19H28N6O2/c1-27-17-7-6-16-20-21-19(25(16)22-17)15-8-11-23(12-9-15)13-14-24-10-4-2-3-5-18(24)26/h6-7,15H,2-5,8-14H2,1H3. The molecule has 2 aliphatic heterocycles. The summed E-state index contributed by atoms with van der Waals surface area (Å²) in [7, 11) is 1.62. The lowest BCUT2D eigenvalue weighted by atomic mass is 9.96. The minimum absolute atomic E-state index is 0.331. The fourth-order valence-electron chi connectivity index (χ4n) is 4.10. The van der Waals surface area contributed by atoms with Crippen molar-refractivity contribution in [3.63, 3.8) is 0 Å². The van der Waals surface area contributed by atoms with Crippen LogP contribution in [0, 0.1) is 0 Å². The van der Waals surface area contributed by atoms with Gasteiger partial charge in [-0.2, -0.15) is 4.52 Å². The highest BCUT2D eigenvalue weighted by Crippen LogP contribution is 2.27. The van der Waals surface area contributed by atoms with E-state index in [2.05, 4.69) is 25.1 Å². The first-order valence-corrected chi connectivity index (χ1v) is 10.0. The van der Waals surface area contributed by atoms with Gasteiger partial charge in [-0.25, -0.2) is 0 Å². The summed E-state index contributed by atoms with van der Waals surface area (Å²) >= 11 is 0. The summed E-state index contributed by atoms with van der Waals surface area (Å²) in [4.78, 5) is 16.7. The molecule has 2 aromatic rings. The number of nitrogens with zero attached hydrogens (tertiary/aromatic N) is 6. The van der Waals surface area contributed by atoms with Crippen molar-refractivity contribution in [3.05, 3.63) is 18.0 Å². The van der Waals surface area contributed by atoms with E-state index < -0.39 is 0 Å². The van der Waals surface area contributed by atoms with E-state index in [-0.39, 0.29) is 0 Å². The second-order valence-electron chi connectivity index (χ2n) is 7.51. The third-order valence-electron chi connectivity index (χ3n) is 5.78. The first-order chi connectivity index (χ1) is 13.2. The molecule has 2 aromatic heterocycles. The van der Waals surface area contributed by atoms with Gasteiger partial charge in [-0.3, -0.25) is 4.79 Å². The topological polar surface area (TPSA) is 75.9 Å². The van der Waals surface area contributed by atoms with Crippen LogP contribution in [0.25, 0.3) is 5.65 Å². The van der Waals surface area contributed by atoms with Crippen LogP contribution in [0.2, 0.25) is 0 Å². The lowest BCUT2D eigenvalue weighted by Gasteiger charge is -2.32. The van der Waals surface area contributed by atoms with Crippen molar-refractivity contribution in [3.8, 4) is 5.88 Å². The van der Waals surface area contributed by atoms with Crippen LogP contribution in [-0.4, -0.2) is 75.4 Å². The van der Waals surface area contributed by atoms with Gasteiger partial charge in [0.1, 0.15) is 0 Å². The van der Waals surface area contributed by atoms with Crippen molar-refractivity contribution in [1.82, 2.24) is 29.6 Å². The van der Waals surface area contributed by atoms with Crippen molar-refractivity contribution < 1.29 is 9.53 Å². The molecule has 0 aromatic carbocycles. The molecule has 27 heavy (non-hydrogen) atoms. The normalized spacial score (nSPS) is 20.2. The van der Waals surface area contributed by atoms with Gasteiger partial charge in [-0.15, -0.1) is 15.3 Å². The summed E-state index contributed by atoms with van der Waals surface area (Å²) in [5.74, 6) is 2.18. The minimum atomic E-state index is 0.331. The summed E-state index contributed by atoms with van der Waals surface area (Å²) in [5.41, 5.74) is 0.757. The van der Waals surface area contributed by atoms with E-state index in [1.54, 1.807) is 13.2 Å². The average Bonchev–Trinajstić information content (AvgIpc) is 3.02. The summed E-state index contributed by atoms with van der Waals surface area (Å²) in [6.45, 7) is 4.78. The number of piperidine rings is 1. The Balaban J connectivity index is 1.33. The molecule has 0 saturated carbocycles. The third kappa shape index (κ3) is 4.05. The first kappa shape index (κ1) is 18.2. The number of hydrogen-bond donors (Lipinski definition) is 0. The Hall–Kier alpha value is -2.22. The van der Waals surface area contributed by atoms with Crippen LogP contribution in [0.15, 0.2) is 12.1 Å². The molecule has 0 spiro atoms. The third-order valence-corrected chi connectivity index (χ3v) is 5.78. The molecule has 0 radical (unpaired) electrons. The Kier molecular flexibility index (Phi) is 5.52. The number of carbonyl (C=O) groups is 1. The quantitative estimate of drug-likeness (QED) is 0.795. The van der Waals surface area contributed by atoms with Crippen molar-refractivity contribution >= 4 is 11.6 Å². The molecule has 2 fully saturated rings. The van der Waals surface area contributed by atoms with Crippen molar-refractivity contribution in [2.45, 2.75) is 44.4 Å². The van der Waals surface area contributed by atoms with Crippen LogP contribution < -0.4 is 4.74 Å². The second-order valence-corrected chi connectivity index (χ2v) is 7.51. The zero-order valence-electron chi connectivity index (χ0n) is 16.0. The van der Waals surface area contributed by atoms with Gasteiger partial charge in [0, 0.05) is 38.0 Å². The highest BCUT2D eigenvalue weighted by atomic mass is 16.5. The van der Waals surface area contributed by atoms with E-state index in [9.17, 15) is 4.79 Å². The van der Waals surface area contributed by atoms with Gasteiger partial charge in [0.15, 0.2) is 11.5 Å². The predicted molar refractivity (Wildman–Crippen MR) is 101 cm³/mol. The minimum Gasteiger partial charge on any atom is -0.480 e. The molecule has 4 rings (SSSR count). The number of methoxy groups -OCH3 is 1.